The van der Waals surface area contributed by atoms with Gasteiger partial charge in [-0.1, -0.05) is 6.92 Å². The number of benzene rings is 1. The molecule has 0 heterocycles. The molecular formula is C13H16FNO2. The fourth-order valence-electron chi connectivity index (χ4n) is 2.29. The van der Waals surface area contributed by atoms with Gasteiger partial charge in [-0.2, -0.15) is 0 Å². The van der Waals surface area contributed by atoms with Crippen molar-refractivity contribution in [1.29, 1.82) is 0 Å². The summed E-state index contributed by atoms with van der Waals surface area (Å²) in [6.07, 6.45) is 2.99. The molecule has 0 aliphatic heterocycles. The van der Waals surface area contributed by atoms with E-state index >= 15 is 0 Å². The Labute approximate surface area is 99.7 Å². The zero-order valence-electron chi connectivity index (χ0n) is 9.74. The summed E-state index contributed by atoms with van der Waals surface area (Å²) in [6.45, 7) is 2.14. The van der Waals surface area contributed by atoms with Crippen LogP contribution in [0.25, 0.3) is 0 Å². The average Bonchev–Trinajstić information content (AvgIpc) is 2.67. The molecule has 0 aromatic heterocycles. The number of hydrogen-bond donors (Lipinski definition) is 2. The van der Waals surface area contributed by atoms with E-state index in [0.29, 0.717) is 5.92 Å². The predicted octanol–water partition coefficient (Wildman–Crippen LogP) is 2.45. The first-order chi connectivity index (χ1) is 8.06. The van der Waals surface area contributed by atoms with Crippen molar-refractivity contribution in [3.63, 3.8) is 0 Å². The normalized spacial score (nSPS) is 23.6. The van der Waals surface area contributed by atoms with Gasteiger partial charge >= 0.3 is 0 Å². The number of phenols is 1. The van der Waals surface area contributed by atoms with Crippen LogP contribution in [-0.4, -0.2) is 17.1 Å². The number of carbonyl (C=O) groups excluding carboxylic acids is 1. The molecule has 17 heavy (non-hydrogen) atoms. The SMILES string of the molecule is CC1CCC(NC(=O)c2cc(F)ccc2O)C1. The fourth-order valence-corrected chi connectivity index (χ4v) is 2.29. The van der Waals surface area contributed by atoms with Crippen LogP contribution >= 0.6 is 0 Å². The fraction of sp³-hybridized carbons (Fsp3) is 0.462. The van der Waals surface area contributed by atoms with Gasteiger partial charge in [-0.05, 0) is 43.4 Å². The lowest BCUT2D eigenvalue weighted by molar-refractivity contribution is 0.0934. The number of carbonyl (C=O) groups is 1. The summed E-state index contributed by atoms with van der Waals surface area (Å²) in [6, 6.07) is 3.52. The molecule has 1 saturated carbocycles. The molecule has 3 nitrogen and oxygen atoms in total. The summed E-state index contributed by atoms with van der Waals surface area (Å²) in [5.74, 6) is -0.495. The van der Waals surface area contributed by atoms with Crippen molar-refractivity contribution in [2.45, 2.75) is 32.2 Å². The molecule has 1 amide bonds. The van der Waals surface area contributed by atoms with E-state index in [9.17, 15) is 14.3 Å². The zero-order chi connectivity index (χ0) is 12.4. The van der Waals surface area contributed by atoms with Crippen molar-refractivity contribution >= 4 is 5.91 Å². The van der Waals surface area contributed by atoms with Gasteiger partial charge in [-0.15, -0.1) is 0 Å². The van der Waals surface area contributed by atoms with Gasteiger partial charge in [0.1, 0.15) is 11.6 Å². The van der Waals surface area contributed by atoms with Crippen LogP contribution < -0.4 is 5.32 Å². The van der Waals surface area contributed by atoms with E-state index in [0.717, 1.165) is 31.4 Å². The largest absolute Gasteiger partial charge is 0.507 e. The topological polar surface area (TPSA) is 49.3 Å². The van der Waals surface area contributed by atoms with Gasteiger partial charge < -0.3 is 10.4 Å². The molecule has 2 N–H and O–H groups in total. The lowest BCUT2D eigenvalue weighted by Crippen LogP contribution is -2.32. The monoisotopic (exact) mass is 237 g/mol. The Morgan fingerprint density at radius 1 is 1.47 bits per heavy atom. The van der Waals surface area contributed by atoms with Gasteiger partial charge in [-0.25, -0.2) is 4.39 Å². The molecule has 1 aromatic rings. The maximum atomic E-state index is 13.0. The third-order valence-corrected chi connectivity index (χ3v) is 3.23. The van der Waals surface area contributed by atoms with Crippen LogP contribution in [0.1, 0.15) is 36.5 Å². The Morgan fingerprint density at radius 2 is 2.24 bits per heavy atom. The maximum Gasteiger partial charge on any atom is 0.255 e. The Bertz CT molecular complexity index is 433. The van der Waals surface area contributed by atoms with Crippen LogP contribution in [-0.2, 0) is 0 Å². The Balaban J connectivity index is 2.06. The quantitative estimate of drug-likeness (QED) is 0.830. The summed E-state index contributed by atoms with van der Waals surface area (Å²) in [7, 11) is 0. The molecule has 0 spiro atoms. The van der Waals surface area contributed by atoms with E-state index in [1.54, 1.807) is 0 Å². The van der Waals surface area contributed by atoms with E-state index in [-0.39, 0.29) is 17.4 Å². The second-order valence-electron chi connectivity index (χ2n) is 4.75. The summed E-state index contributed by atoms with van der Waals surface area (Å²) >= 11 is 0. The second-order valence-corrected chi connectivity index (χ2v) is 4.75. The Morgan fingerprint density at radius 3 is 2.88 bits per heavy atom. The molecule has 2 atom stereocenters. The van der Waals surface area contributed by atoms with E-state index < -0.39 is 11.7 Å². The van der Waals surface area contributed by atoms with E-state index in [2.05, 4.69) is 12.2 Å². The number of rotatable bonds is 2. The first kappa shape index (κ1) is 11.9. The number of halogens is 1. The molecule has 2 unspecified atom stereocenters. The van der Waals surface area contributed by atoms with Crippen molar-refractivity contribution in [2.75, 3.05) is 0 Å². The number of aromatic hydroxyl groups is 1. The first-order valence-electron chi connectivity index (χ1n) is 5.85. The number of phenolic OH excluding ortho intramolecular Hbond substituents is 1. The number of hydrogen-bond acceptors (Lipinski definition) is 2. The van der Waals surface area contributed by atoms with Crippen LogP contribution in [0.3, 0.4) is 0 Å². The second kappa shape index (κ2) is 4.73. The smallest absolute Gasteiger partial charge is 0.255 e. The maximum absolute atomic E-state index is 13.0. The van der Waals surface area contributed by atoms with Crippen LogP contribution in [0.2, 0.25) is 0 Å². The molecular weight excluding hydrogens is 221 g/mol. The Hall–Kier alpha value is -1.58. The first-order valence-corrected chi connectivity index (χ1v) is 5.85. The van der Waals surface area contributed by atoms with Gasteiger partial charge in [0.2, 0.25) is 0 Å². The van der Waals surface area contributed by atoms with Gasteiger partial charge in [0.15, 0.2) is 0 Å². The molecule has 2 rings (SSSR count). The summed E-state index contributed by atoms with van der Waals surface area (Å²) in [4.78, 5) is 11.8. The molecule has 1 aliphatic carbocycles. The van der Waals surface area contributed by atoms with Crippen LogP contribution in [0.5, 0.6) is 5.75 Å². The minimum atomic E-state index is -0.521. The number of nitrogens with one attached hydrogen (secondary N) is 1. The predicted molar refractivity (Wildman–Crippen MR) is 62.3 cm³/mol. The highest BCUT2D eigenvalue weighted by Crippen LogP contribution is 2.25. The van der Waals surface area contributed by atoms with Crippen molar-refractivity contribution in [1.82, 2.24) is 5.32 Å². The van der Waals surface area contributed by atoms with E-state index in [1.807, 2.05) is 0 Å². The van der Waals surface area contributed by atoms with E-state index in [4.69, 9.17) is 0 Å². The summed E-state index contributed by atoms with van der Waals surface area (Å²) < 4.78 is 13.0. The molecule has 1 aromatic carbocycles. The highest BCUT2D eigenvalue weighted by molar-refractivity contribution is 5.96. The third-order valence-electron chi connectivity index (χ3n) is 3.23. The third kappa shape index (κ3) is 2.75. The summed E-state index contributed by atoms with van der Waals surface area (Å²) in [5, 5.41) is 12.3. The standard InChI is InChI=1S/C13H16FNO2/c1-8-2-4-10(6-8)15-13(17)11-7-9(14)3-5-12(11)16/h3,5,7-8,10,16H,2,4,6H2,1H3,(H,15,17). The molecule has 0 radical (unpaired) electrons. The van der Waals surface area contributed by atoms with Gasteiger partial charge in [0.25, 0.3) is 5.91 Å². The minimum absolute atomic E-state index is 0.00422. The van der Waals surface area contributed by atoms with E-state index in [1.165, 1.54) is 6.07 Å². The van der Waals surface area contributed by atoms with Crippen LogP contribution in [0, 0.1) is 11.7 Å². The van der Waals surface area contributed by atoms with Crippen molar-refractivity contribution in [3.8, 4) is 5.75 Å². The molecule has 0 bridgehead atoms. The van der Waals surface area contributed by atoms with Crippen molar-refractivity contribution in [2.24, 2.45) is 5.92 Å². The van der Waals surface area contributed by atoms with Crippen molar-refractivity contribution < 1.29 is 14.3 Å². The molecule has 92 valence electrons. The minimum Gasteiger partial charge on any atom is -0.507 e. The van der Waals surface area contributed by atoms with Gasteiger partial charge in [-0.3, -0.25) is 4.79 Å². The average molecular weight is 237 g/mol. The molecule has 0 saturated heterocycles. The lowest BCUT2D eigenvalue weighted by Gasteiger charge is -2.13. The number of amides is 1. The van der Waals surface area contributed by atoms with Crippen LogP contribution in [0.4, 0.5) is 4.39 Å². The van der Waals surface area contributed by atoms with Gasteiger partial charge in [0, 0.05) is 6.04 Å². The summed E-state index contributed by atoms with van der Waals surface area (Å²) in [5.41, 5.74) is 0.00422. The molecule has 4 heteroatoms. The highest BCUT2D eigenvalue weighted by atomic mass is 19.1. The molecule has 1 aliphatic rings. The lowest BCUT2D eigenvalue weighted by atomic mass is 10.1. The molecule has 1 fully saturated rings. The highest BCUT2D eigenvalue weighted by Gasteiger charge is 2.24. The van der Waals surface area contributed by atoms with Crippen LogP contribution in [0.15, 0.2) is 18.2 Å². The van der Waals surface area contributed by atoms with Gasteiger partial charge in [0.05, 0.1) is 5.56 Å². The zero-order valence-corrected chi connectivity index (χ0v) is 9.74. The Kier molecular flexibility index (Phi) is 3.31. The van der Waals surface area contributed by atoms with Crippen molar-refractivity contribution in [3.05, 3.63) is 29.6 Å².